The molecule has 0 saturated carbocycles. The highest BCUT2D eigenvalue weighted by molar-refractivity contribution is 7.71. The Morgan fingerprint density at radius 1 is 1.40 bits per heavy atom. The Morgan fingerprint density at radius 3 is 2.80 bits per heavy atom. The molecule has 0 aliphatic heterocycles. The predicted octanol–water partition coefficient (Wildman–Crippen LogP) is 2.40. The lowest BCUT2D eigenvalue weighted by atomic mass is 10.2. The Balaban J connectivity index is 2.14. The highest BCUT2D eigenvalue weighted by Gasteiger charge is 2.06. The summed E-state index contributed by atoms with van der Waals surface area (Å²) in [6, 6.07) is 5.82. The second kappa shape index (κ2) is 6.42. The molecule has 0 bridgehead atoms. The Hall–Kier alpha value is -2.02. The number of aromatic nitrogens is 3. The van der Waals surface area contributed by atoms with Crippen molar-refractivity contribution in [3.8, 4) is 11.5 Å². The number of rotatable bonds is 6. The fraction of sp³-hybridized carbons (Fsp3) is 0.385. The summed E-state index contributed by atoms with van der Waals surface area (Å²) in [6.07, 6.45) is 0. The molecule has 2 rings (SSSR count). The SMILES string of the molecule is CCOc1cc(CNn2c(C)n[nH]c2=S)ccc1OC. The van der Waals surface area contributed by atoms with Crippen LogP contribution < -0.4 is 14.9 Å². The molecule has 108 valence electrons. The number of aryl methyl sites for hydroxylation is 1. The summed E-state index contributed by atoms with van der Waals surface area (Å²) in [5.41, 5.74) is 4.27. The molecule has 0 aliphatic rings. The van der Waals surface area contributed by atoms with E-state index in [9.17, 15) is 0 Å². The largest absolute Gasteiger partial charge is 0.493 e. The van der Waals surface area contributed by atoms with Crippen LogP contribution in [0.4, 0.5) is 0 Å². The zero-order chi connectivity index (χ0) is 14.5. The van der Waals surface area contributed by atoms with Crippen molar-refractivity contribution in [2.45, 2.75) is 20.4 Å². The molecule has 0 fully saturated rings. The van der Waals surface area contributed by atoms with Gasteiger partial charge in [-0.25, -0.2) is 4.68 Å². The number of hydrogen-bond donors (Lipinski definition) is 2. The van der Waals surface area contributed by atoms with E-state index in [0.717, 1.165) is 22.9 Å². The van der Waals surface area contributed by atoms with Gasteiger partial charge in [-0.15, -0.1) is 0 Å². The van der Waals surface area contributed by atoms with Gasteiger partial charge in [0, 0.05) is 0 Å². The van der Waals surface area contributed by atoms with Crippen molar-refractivity contribution in [2.75, 3.05) is 19.1 Å². The molecule has 2 N–H and O–H groups in total. The highest BCUT2D eigenvalue weighted by Crippen LogP contribution is 2.28. The van der Waals surface area contributed by atoms with Gasteiger partial charge in [-0.05, 0) is 43.8 Å². The molecular formula is C13H18N4O2S. The minimum atomic E-state index is 0.543. The first-order chi connectivity index (χ1) is 9.65. The number of ether oxygens (including phenoxy) is 2. The Kier molecular flexibility index (Phi) is 4.62. The molecule has 0 unspecified atom stereocenters. The molecule has 7 heteroatoms. The molecule has 1 aromatic carbocycles. The summed E-state index contributed by atoms with van der Waals surface area (Å²) in [4.78, 5) is 0. The van der Waals surface area contributed by atoms with E-state index in [-0.39, 0.29) is 0 Å². The van der Waals surface area contributed by atoms with Crippen molar-refractivity contribution < 1.29 is 9.47 Å². The smallest absolute Gasteiger partial charge is 0.214 e. The summed E-state index contributed by atoms with van der Waals surface area (Å²) in [6.45, 7) is 5.02. The van der Waals surface area contributed by atoms with Crippen LogP contribution in [0.5, 0.6) is 11.5 Å². The summed E-state index contributed by atoms with van der Waals surface area (Å²) in [5, 5.41) is 6.77. The van der Waals surface area contributed by atoms with Crippen molar-refractivity contribution in [3.05, 3.63) is 34.4 Å². The third kappa shape index (κ3) is 3.11. The number of nitrogens with one attached hydrogen (secondary N) is 2. The van der Waals surface area contributed by atoms with Crippen molar-refractivity contribution in [2.24, 2.45) is 0 Å². The Morgan fingerprint density at radius 2 is 2.20 bits per heavy atom. The average molecular weight is 294 g/mol. The molecule has 1 aromatic heterocycles. The third-order valence-electron chi connectivity index (χ3n) is 2.81. The minimum Gasteiger partial charge on any atom is -0.493 e. The second-order valence-electron chi connectivity index (χ2n) is 4.16. The number of hydrogen-bond acceptors (Lipinski definition) is 5. The van der Waals surface area contributed by atoms with Crippen molar-refractivity contribution in [3.63, 3.8) is 0 Å². The molecule has 0 radical (unpaired) electrons. The van der Waals surface area contributed by atoms with Crippen LogP contribution in [0.25, 0.3) is 0 Å². The van der Waals surface area contributed by atoms with Gasteiger partial charge in [-0.2, -0.15) is 5.10 Å². The van der Waals surface area contributed by atoms with Crippen molar-refractivity contribution >= 4 is 12.2 Å². The van der Waals surface area contributed by atoms with Gasteiger partial charge >= 0.3 is 0 Å². The topological polar surface area (TPSA) is 64.1 Å². The maximum Gasteiger partial charge on any atom is 0.214 e. The van der Waals surface area contributed by atoms with Crippen LogP contribution in [0, 0.1) is 11.7 Å². The van der Waals surface area contributed by atoms with Crippen LogP contribution in [0.2, 0.25) is 0 Å². The van der Waals surface area contributed by atoms with E-state index in [4.69, 9.17) is 21.7 Å². The third-order valence-corrected chi connectivity index (χ3v) is 3.08. The molecule has 1 heterocycles. The molecule has 6 nitrogen and oxygen atoms in total. The van der Waals surface area contributed by atoms with Crippen molar-refractivity contribution in [1.82, 2.24) is 14.9 Å². The summed E-state index contributed by atoms with van der Waals surface area (Å²) in [7, 11) is 1.63. The van der Waals surface area contributed by atoms with Gasteiger partial charge in [0.1, 0.15) is 5.82 Å². The maximum atomic E-state index is 5.55. The molecular weight excluding hydrogens is 276 g/mol. The lowest BCUT2D eigenvalue weighted by Crippen LogP contribution is -2.16. The minimum absolute atomic E-state index is 0.543. The van der Waals surface area contributed by atoms with E-state index in [1.165, 1.54) is 0 Å². The van der Waals surface area contributed by atoms with E-state index < -0.39 is 0 Å². The zero-order valence-corrected chi connectivity index (χ0v) is 12.6. The van der Waals surface area contributed by atoms with Crippen LogP contribution in [0.1, 0.15) is 18.3 Å². The van der Waals surface area contributed by atoms with Gasteiger partial charge in [0.2, 0.25) is 4.77 Å². The summed E-state index contributed by atoms with van der Waals surface area (Å²) in [5.74, 6) is 2.25. The standard InChI is InChI=1S/C13H18N4O2S/c1-4-19-12-7-10(5-6-11(12)18-3)8-14-17-9(2)15-16-13(17)20/h5-7,14H,4,8H2,1-3H3,(H,16,20). The molecule has 0 aliphatic carbocycles. The van der Waals surface area contributed by atoms with E-state index in [1.807, 2.05) is 32.0 Å². The van der Waals surface area contributed by atoms with Crippen molar-refractivity contribution in [1.29, 1.82) is 0 Å². The van der Waals surface area contributed by atoms with E-state index in [1.54, 1.807) is 11.8 Å². The lowest BCUT2D eigenvalue weighted by Gasteiger charge is -2.12. The normalized spacial score (nSPS) is 10.3. The van der Waals surface area contributed by atoms with Gasteiger partial charge < -0.3 is 14.9 Å². The second-order valence-corrected chi connectivity index (χ2v) is 4.55. The number of H-pyrrole nitrogens is 1. The summed E-state index contributed by atoms with van der Waals surface area (Å²) < 4.78 is 13.1. The first kappa shape index (κ1) is 14.4. The fourth-order valence-electron chi connectivity index (χ4n) is 1.83. The Labute approximate surface area is 122 Å². The summed E-state index contributed by atoms with van der Waals surface area (Å²) >= 11 is 5.13. The van der Waals surface area contributed by atoms with E-state index in [0.29, 0.717) is 17.9 Å². The quantitative estimate of drug-likeness (QED) is 0.801. The number of benzene rings is 1. The molecule has 0 spiro atoms. The molecule has 0 saturated heterocycles. The average Bonchev–Trinajstić information content (AvgIpc) is 2.76. The van der Waals surface area contributed by atoms with Crippen LogP contribution in [0.15, 0.2) is 18.2 Å². The van der Waals surface area contributed by atoms with Gasteiger partial charge in [-0.1, -0.05) is 6.07 Å². The van der Waals surface area contributed by atoms with Gasteiger partial charge in [-0.3, -0.25) is 5.10 Å². The first-order valence-corrected chi connectivity index (χ1v) is 6.74. The highest BCUT2D eigenvalue weighted by atomic mass is 32.1. The first-order valence-electron chi connectivity index (χ1n) is 6.33. The fourth-order valence-corrected chi connectivity index (χ4v) is 2.07. The molecule has 0 atom stereocenters. The maximum absolute atomic E-state index is 5.55. The zero-order valence-electron chi connectivity index (χ0n) is 11.8. The van der Waals surface area contributed by atoms with Gasteiger partial charge in [0.05, 0.1) is 20.3 Å². The van der Waals surface area contributed by atoms with Crippen LogP contribution in [-0.2, 0) is 6.54 Å². The van der Waals surface area contributed by atoms with Crippen LogP contribution in [-0.4, -0.2) is 28.6 Å². The molecule has 2 aromatic rings. The van der Waals surface area contributed by atoms with Crippen LogP contribution >= 0.6 is 12.2 Å². The number of methoxy groups -OCH3 is 1. The van der Waals surface area contributed by atoms with Crippen LogP contribution in [0.3, 0.4) is 0 Å². The van der Waals surface area contributed by atoms with E-state index >= 15 is 0 Å². The molecule has 0 amide bonds. The monoisotopic (exact) mass is 294 g/mol. The lowest BCUT2D eigenvalue weighted by molar-refractivity contribution is 0.310. The Bertz CT molecular complexity index is 636. The number of aromatic amines is 1. The van der Waals surface area contributed by atoms with E-state index in [2.05, 4.69) is 15.6 Å². The predicted molar refractivity (Wildman–Crippen MR) is 79.4 cm³/mol. The van der Waals surface area contributed by atoms with Gasteiger partial charge in [0.15, 0.2) is 11.5 Å². The number of nitrogens with zero attached hydrogens (tertiary/aromatic N) is 2. The van der Waals surface area contributed by atoms with Gasteiger partial charge in [0.25, 0.3) is 0 Å². The molecule has 20 heavy (non-hydrogen) atoms.